The number of urea groups is 1. The highest BCUT2D eigenvalue weighted by Crippen LogP contribution is 2.22. The number of amides is 2. The molecule has 31 heavy (non-hydrogen) atoms. The Morgan fingerprint density at radius 1 is 0.903 bits per heavy atom. The van der Waals surface area contributed by atoms with E-state index >= 15 is 0 Å². The number of rotatable bonds is 7. The number of benzene rings is 3. The van der Waals surface area contributed by atoms with Crippen molar-refractivity contribution in [2.75, 3.05) is 0 Å². The number of carbonyl (C=O) groups is 1. The first-order valence-corrected chi connectivity index (χ1v) is 10.2. The number of hydrogen-bond acceptors (Lipinski definition) is 3. The van der Waals surface area contributed by atoms with Crippen LogP contribution in [-0.4, -0.2) is 20.8 Å². The fraction of sp³-hybridized carbons (Fsp3) is 0.160. The Hall–Kier alpha value is -3.93. The largest absolute Gasteiger partial charge is 0.334 e. The van der Waals surface area contributed by atoms with E-state index in [0.29, 0.717) is 13.1 Å². The molecule has 2 amide bonds. The van der Waals surface area contributed by atoms with Crippen LogP contribution in [0, 0.1) is 6.92 Å². The van der Waals surface area contributed by atoms with Crippen molar-refractivity contribution in [3.05, 3.63) is 119 Å². The predicted octanol–water partition coefficient (Wildman–Crippen LogP) is 4.22. The molecule has 4 aromatic rings. The van der Waals surface area contributed by atoms with Crippen LogP contribution < -0.4 is 10.6 Å². The van der Waals surface area contributed by atoms with Gasteiger partial charge in [-0.15, -0.1) is 0 Å². The standard InChI is InChI=1S/C25H25N5O/c1-19-7-13-23(14-8-19)24(22-5-3-2-4-6-22)29-25(31)27-15-20-9-11-21(12-10-20)16-30-18-26-17-28-30/h2-14,17-18,24H,15-16H2,1H3,(H2,27,29,31). The van der Waals surface area contributed by atoms with Crippen molar-refractivity contribution in [3.8, 4) is 0 Å². The van der Waals surface area contributed by atoms with Gasteiger partial charge in [0.1, 0.15) is 12.7 Å². The SMILES string of the molecule is Cc1ccc(C(NC(=O)NCc2ccc(Cn3cncn3)cc2)c2ccccc2)cc1. The number of hydrogen-bond donors (Lipinski definition) is 2. The van der Waals surface area contributed by atoms with E-state index < -0.39 is 0 Å². The first-order chi connectivity index (χ1) is 15.2. The van der Waals surface area contributed by atoms with E-state index in [2.05, 4.69) is 51.9 Å². The summed E-state index contributed by atoms with van der Waals surface area (Å²) in [6, 6.07) is 25.9. The van der Waals surface area contributed by atoms with Crippen molar-refractivity contribution in [2.24, 2.45) is 0 Å². The molecule has 0 saturated heterocycles. The molecule has 1 heterocycles. The lowest BCUT2D eigenvalue weighted by Gasteiger charge is -2.20. The zero-order valence-corrected chi connectivity index (χ0v) is 17.4. The van der Waals surface area contributed by atoms with E-state index in [9.17, 15) is 4.79 Å². The molecule has 0 fully saturated rings. The summed E-state index contributed by atoms with van der Waals surface area (Å²) in [6.07, 6.45) is 3.22. The molecular weight excluding hydrogens is 386 g/mol. The molecule has 3 aromatic carbocycles. The maximum absolute atomic E-state index is 12.7. The summed E-state index contributed by atoms with van der Waals surface area (Å²) in [5, 5.41) is 10.2. The molecule has 0 radical (unpaired) electrons. The number of nitrogens with one attached hydrogen (secondary N) is 2. The van der Waals surface area contributed by atoms with Gasteiger partial charge >= 0.3 is 6.03 Å². The van der Waals surface area contributed by atoms with Crippen LogP contribution in [0.15, 0.2) is 91.5 Å². The minimum Gasteiger partial charge on any atom is -0.334 e. The summed E-state index contributed by atoms with van der Waals surface area (Å²) < 4.78 is 1.77. The fourth-order valence-corrected chi connectivity index (χ4v) is 3.39. The molecule has 0 aliphatic rings. The lowest BCUT2D eigenvalue weighted by atomic mass is 9.98. The predicted molar refractivity (Wildman–Crippen MR) is 120 cm³/mol. The van der Waals surface area contributed by atoms with Gasteiger partial charge < -0.3 is 10.6 Å². The van der Waals surface area contributed by atoms with Gasteiger partial charge in [0.05, 0.1) is 12.6 Å². The number of aryl methyl sites for hydroxylation is 1. The van der Waals surface area contributed by atoms with Crippen LogP contribution in [0.1, 0.15) is 33.9 Å². The molecule has 1 aromatic heterocycles. The van der Waals surface area contributed by atoms with Crippen molar-refractivity contribution in [1.82, 2.24) is 25.4 Å². The van der Waals surface area contributed by atoms with Gasteiger partial charge in [-0.1, -0.05) is 84.4 Å². The van der Waals surface area contributed by atoms with Gasteiger partial charge in [-0.05, 0) is 29.2 Å². The van der Waals surface area contributed by atoms with Crippen molar-refractivity contribution in [1.29, 1.82) is 0 Å². The van der Waals surface area contributed by atoms with Gasteiger partial charge in [0.25, 0.3) is 0 Å². The van der Waals surface area contributed by atoms with Gasteiger partial charge in [-0.25, -0.2) is 14.5 Å². The summed E-state index contributed by atoms with van der Waals surface area (Å²) in [7, 11) is 0. The van der Waals surface area contributed by atoms with Crippen molar-refractivity contribution in [3.63, 3.8) is 0 Å². The number of carbonyl (C=O) groups excluding carboxylic acids is 1. The molecule has 6 nitrogen and oxygen atoms in total. The average molecular weight is 412 g/mol. The Morgan fingerprint density at radius 2 is 1.58 bits per heavy atom. The van der Waals surface area contributed by atoms with E-state index in [4.69, 9.17) is 0 Å². The van der Waals surface area contributed by atoms with Gasteiger partial charge in [0.2, 0.25) is 0 Å². The Kier molecular flexibility index (Phi) is 6.38. The van der Waals surface area contributed by atoms with Crippen LogP contribution in [0.4, 0.5) is 4.79 Å². The van der Waals surface area contributed by atoms with Crippen LogP contribution in [0.2, 0.25) is 0 Å². The fourth-order valence-electron chi connectivity index (χ4n) is 3.39. The lowest BCUT2D eigenvalue weighted by Crippen LogP contribution is -2.38. The van der Waals surface area contributed by atoms with Gasteiger partial charge in [0.15, 0.2) is 0 Å². The van der Waals surface area contributed by atoms with E-state index in [-0.39, 0.29) is 12.1 Å². The molecule has 1 unspecified atom stereocenters. The summed E-state index contributed by atoms with van der Waals surface area (Å²) in [4.78, 5) is 16.6. The second-order valence-corrected chi connectivity index (χ2v) is 7.49. The van der Waals surface area contributed by atoms with E-state index in [0.717, 1.165) is 22.3 Å². The highest BCUT2D eigenvalue weighted by Gasteiger charge is 2.16. The molecule has 1 atom stereocenters. The van der Waals surface area contributed by atoms with Gasteiger partial charge in [0, 0.05) is 6.54 Å². The molecule has 0 bridgehead atoms. The Balaban J connectivity index is 1.38. The minimum absolute atomic E-state index is 0.207. The van der Waals surface area contributed by atoms with E-state index in [1.165, 1.54) is 11.9 Å². The Labute approximate surface area is 182 Å². The smallest absolute Gasteiger partial charge is 0.315 e. The Bertz CT molecular complexity index is 1090. The number of aromatic nitrogens is 3. The summed E-state index contributed by atoms with van der Waals surface area (Å²) in [6.45, 7) is 3.17. The second-order valence-electron chi connectivity index (χ2n) is 7.49. The van der Waals surface area contributed by atoms with E-state index in [1.807, 2.05) is 54.6 Å². The van der Waals surface area contributed by atoms with Crippen LogP contribution >= 0.6 is 0 Å². The zero-order valence-electron chi connectivity index (χ0n) is 17.4. The van der Waals surface area contributed by atoms with Crippen LogP contribution in [0.25, 0.3) is 0 Å². The third-order valence-electron chi connectivity index (χ3n) is 5.11. The molecule has 0 saturated carbocycles. The highest BCUT2D eigenvalue weighted by molar-refractivity contribution is 5.75. The summed E-state index contributed by atoms with van der Waals surface area (Å²) >= 11 is 0. The molecule has 0 spiro atoms. The van der Waals surface area contributed by atoms with Gasteiger partial charge in [-0.3, -0.25) is 0 Å². The van der Waals surface area contributed by atoms with Crippen LogP contribution in [0.3, 0.4) is 0 Å². The maximum atomic E-state index is 12.7. The van der Waals surface area contributed by atoms with Crippen LogP contribution in [0.5, 0.6) is 0 Å². The molecule has 4 rings (SSSR count). The minimum atomic E-state index is -0.216. The van der Waals surface area contributed by atoms with E-state index in [1.54, 1.807) is 11.0 Å². The maximum Gasteiger partial charge on any atom is 0.315 e. The Morgan fingerprint density at radius 3 is 2.26 bits per heavy atom. The van der Waals surface area contributed by atoms with Gasteiger partial charge in [-0.2, -0.15) is 5.10 Å². The monoisotopic (exact) mass is 411 g/mol. The quantitative estimate of drug-likeness (QED) is 0.478. The summed E-state index contributed by atoms with van der Waals surface area (Å²) in [5.74, 6) is 0. The highest BCUT2D eigenvalue weighted by atomic mass is 16.2. The summed E-state index contributed by atoms with van der Waals surface area (Å²) in [5.41, 5.74) is 5.43. The second kappa shape index (κ2) is 9.71. The first kappa shape index (κ1) is 20.3. The molecule has 0 aliphatic carbocycles. The normalized spacial score (nSPS) is 11.6. The zero-order chi connectivity index (χ0) is 21.5. The molecule has 0 aliphatic heterocycles. The third kappa shape index (κ3) is 5.57. The molecule has 6 heteroatoms. The first-order valence-electron chi connectivity index (χ1n) is 10.2. The third-order valence-corrected chi connectivity index (χ3v) is 5.11. The van der Waals surface area contributed by atoms with Crippen molar-refractivity contribution < 1.29 is 4.79 Å². The topological polar surface area (TPSA) is 71.8 Å². The number of nitrogens with zero attached hydrogens (tertiary/aromatic N) is 3. The molecule has 2 N–H and O–H groups in total. The van der Waals surface area contributed by atoms with Crippen molar-refractivity contribution in [2.45, 2.75) is 26.1 Å². The van der Waals surface area contributed by atoms with Crippen LogP contribution in [-0.2, 0) is 13.1 Å². The molecular formula is C25H25N5O. The lowest BCUT2D eigenvalue weighted by molar-refractivity contribution is 0.238. The average Bonchev–Trinajstić information content (AvgIpc) is 3.31. The van der Waals surface area contributed by atoms with Crippen molar-refractivity contribution >= 4 is 6.03 Å². The molecule has 156 valence electrons.